The minimum Gasteiger partial charge on any atom is -0.378 e. The van der Waals surface area contributed by atoms with Crippen LogP contribution in [-0.4, -0.2) is 5.75 Å². The molecule has 1 heterocycles. The van der Waals surface area contributed by atoms with Gasteiger partial charge in [-0.05, 0) is 30.2 Å². The van der Waals surface area contributed by atoms with Crippen molar-refractivity contribution in [1.29, 1.82) is 0 Å². The second-order valence-corrected chi connectivity index (χ2v) is 5.64. The summed E-state index contributed by atoms with van der Waals surface area (Å²) in [6.07, 6.45) is 0.973. The van der Waals surface area contributed by atoms with E-state index in [1.165, 1.54) is 16.5 Å². The number of fused-ring (bicyclic) bond motifs is 1. The molecular formula is C15H13F2NS. The summed E-state index contributed by atoms with van der Waals surface area (Å²) in [4.78, 5) is 1.26. The van der Waals surface area contributed by atoms with Gasteiger partial charge >= 0.3 is 0 Å². The number of hydrogen-bond acceptors (Lipinski definition) is 2. The maximum absolute atomic E-state index is 13.2. The highest BCUT2D eigenvalue weighted by Crippen LogP contribution is 2.37. The molecule has 1 aliphatic heterocycles. The first-order chi connectivity index (χ1) is 9.24. The Labute approximate surface area is 115 Å². The minimum atomic E-state index is -0.816. The first-order valence-corrected chi connectivity index (χ1v) is 7.16. The molecule has 0 saturated heterocycles. The SMILES string of the molecule is Fc1ccc(NC2CCSc3ccccc32)cc1F. The summed E-state index contributed by atoms with van der Waals surface area (Å²) in [5.74, 6) is -0.605. The number of nitrogens with one attached hydrogen (secondary N) is 1. The molecule has 1 nitrogen and oxygen atoms in total. The standard InChI is InChI=1S/C15H13F2NS/c16-12-6-5-10(9-13(12)17)18-14-7-8-19-15-4-2-1-3-11(14)15/h1-6,9,14,18H,7-8H2. The average molecular weight is 277 g/mol. The molecule has 2 aromatic rings. The first kappa shape index (κ1) is 12.5. The Hall–Kier alpha value is -1.55. The summed E-state index contributed by atoms with van der Waals surface area (Å²) in [5.41, 5.74) is 1.84. The Morgan fingerprint density at radius 1 is 1.05 bits per heavy atom. The largest absolute Gasteiger partial charge is 0.378 e. The van der Waals surface area contributed by atoms with E-state index in [1.54, 1.807) is 6.07 Å². The third-order valence-corrected chi connectivity index (χ3v) is 4.34. The highest BCUT2D eigenvalue weighted by atomic mass is 32.2. The van der Waals surface area contributed by atoms with E-state index in [-0.39, 0.29) is 6.04 Å². The molecule has 1 aliphatic rings. The molecule has 19 heavy (non-hydrogen) atoms. The molecule has 98 valence electrons. The van der Waals surface area contributed by atoms with Crippen molar-refractivity contribution in [2.24, 2.45) is 0 Å². The quantitative estimate of drug-likeness (QED) is 0.860. The topological polar surface area (TPSA) is 12.0 Å². The van der Waals surface area contributed by atoms with Crippen LogP contribution in [0.15, 0.2) is 47.4 Å². The molecule has 0 radical (unpaired) electrons. The zero-order chi connectivity index (χ0) is 13.2. The minimum absolute atomic E-state index is 0.155. The molecule has 3 rings (SSSR count). The van der Waals surface area contributed by atoms with Crippen LogP contribution < -0.4 is 5.32 Å². The normalized spacial score (nSPS) is 17.9. The Balaban J connectivity index is 1.86. The Morgan fingerprint density at radius 3 is 2.74 bits per heavy atom. The fourth-order valence-corrected chi connectivity index (χ4v) is 3.40. The van der Waals surface area contributed by atoms with Crippen LogP contribution in [0.1, 0.15) is 18.0 Å². The third kappa shape index (κ3) is 2.59. The predicted octanol–water partition coefficient (Wildman–Crippen LogP) is 4.61. The lowest BCUT2D eigenvalue weighted by molar-refractivity contribution is 0.509. The number of anilines is 1. The zero-order valence-electron chi connectivity index (χ0n) is 10.2. The van der Waals surface area contributed by atoms with Crippen molar-refractivity contribution in [3.05, 3.63) is 59.7 Å². The van der Waals surface area contributed by atoms with Crippen molar-refractivity contribution >= 4 is 17.4 Å². The van der Waals surface area contributed by atoms with Gasteiger partial charge in [0.05, 0.1) is 6.04 Å². The van der Waals surface area contributed by atoms with Gasteiger partial charge in [-0.2, -0.15) is 0 Å². The summed E-state index contributed by atoms with van der Waals surface area (Å²) in [6, 6.07) is 12.3. The van der Waals surface area contributed by atoms with Crippen LogP contribution in [0.4, 0.5) is 14.5 Å². The Bertz CT molecular complexity index is 600. The average Bonchev–Trinajstić information content (AvgIpc) is 2.43. The maximum Gasteiger partial charge on any atom is 0.160 e. The molecule has 2 aromatic carbocycles. The molecule has 0 bridgehead atoms. The highest BCUT2D eigenvalue weighted by molar-refractivity contribution is 7.99. The van der Waals surface area contributed by atoms with E-state index in [2.05, 4.69) is 17.4 Å². The monoisotopic (exact) mass is 277 g/mol. The zero-order valence-corrected chi connectivity index (χ0v) is 11.0. The van der Waals surface area contributed by atoms with E-state index in [4.69, 9.17) is 0 Å². The number of thioether (sulfide) groups is 1. The second-order valence-electron chi connectivity index (χ2n) is 4.50. The molecule has 4 heteroatoms. The Kier molecular flexibility index (Phi) is 3.42. The third-order valence-electron chi connectivity index (χ3n) is 3.22. The van der Waals surface area contributed by atoms with Crippen LogP contribution in [-0.2, 0) is 0 Å². The van der Waals surface area contributed by atoms with Crippen LogP contribution in [0.25, 0.3) is 0 Å². The summed E-state index contributed by atoms with van der Waals surface area (Å²) in [7, 11) is 0. The van der Waals surface area contributed by atoms with Crippen LogP contribution in [0.3, 0.4) is 0 Å². The van der Waals surface area contributed by atoms with E-state index < -0.39 is 11.6 Å². The molecule has 1 unspecified atom stereocenters. The predicted molar refractivity (Wildman–Crippen MR) is 74.5 cm³/mol. The van der Waals surface area contributed by atoms with Crippen molar-refractivity contribution in [3.8, 4) is 0 Å². The second kappa shape index (κ2) is 5.21. The molecule has 0 aromatic heterocycles. The lowest BCUT2D eigenvalue weighted by atomic mass is 10.0. The van der Waals surface area contributed by atoms with Crippen LogP contribution in [0, 0.1) is 11.6 Å². The summed E-state index contributed by atoms with van der Waals surface area (Å²) < 4.78 is 26.1. The molecule has 0 fully saturated rings. The van der Waals surface area contributed by atoms with E-state index in [1.807, 2.05) is 23.9 Å². The maximum atomic E-state index is 13.2. The number of rotatable bonds is 2. The molecule has 0 aliphatic carbocycles. The fourth-order valence-electron chi connectivity index (χ4n) is 2.28. The van der Waals surface area contributed by atoms with Gasteiger partial charge in [0.25, 0.3) is 0 Å². The van der Waals surface area contributed by atoms with E-state index in [0.29, 0.717) is 5.69 Å². The van der Waals surface area contributed by atoms with Gasteiger partial charge in [-0.15, -0.1) is 11.8 Å². The lowest BCUT2D eigenvalue weighted by Gasteiger charge is -2.26. The number of hydrogen-bond donors (Lipinski definition) is 1. The van der Waals surface area contributed by atoms with Gasteiger partial charge in [0.15, 0.2) is 11.6 Å². The molecule has 0 saturated carbocycles. The van der Waals surface area contributed by atoms with Gasteiger partial charge in [-0.3, -0.25) is 0 Å². The number of halogens is 2. The van der Waals surface area contributed by atoms with Gasteiger partial charge in [-0.1, -0.05) is 18.2 Å². The molecule has 1 atom stereocenters. The van der Waals surface area contributed by atoms with Gasteiger partial charge in [-0.25, -0.2) is 8.78 Å². The van der Waals surface area contributed by atoms with Crippen molar-refractivity contribution in [2.45, 2.75) is 17.4 Å². The molecule has 0 amide bonds. The van der Waals surface area contributed by atoms with E-state index in [0.717, 1.165) is 18.2 Å². The van der Waals surface area contributed by atoms with Gasteiger partial charge in [0.2, 0.25) is 0 Å². The number of benzene rings is 2. The highest BCUT2D eigenvalue weighted by Gasteiger charge is 2.20. The van der Waals surface area contributed by atoms with E-state index in [9.17, 15) is 8.78 Å². The first-order valence-electron chi connectivity index (χ1n) is 6.17. The van der Waals surface area contributed by atoms with Crippen molar-refractivity contribution in [2.75, 3.05) is 11.1 Å². The van der Waals surface area contributed by atoms with Crippen LogP contribution in [0.2, 0.25) is 0 Å². The lowest BCUT2D eigenvalue weighted by Crippen LogP contribution is -2.16. The van der Waals surface area contributed by atoms with Crippen LogP contribution >= 0.6 is 11.8 Å². The van der Waals surface area contributed by atoms with Crippen molar-refractivity contribution < 1.29 is 8.78 Å². The summed E-state index contributed by atoms with van der Waals surface area (Å²) in [5, 5.41) is 3.29. The van der Waals surface area contributed by atoms with Crippen molar-refractivity contribution in [3.63, 3.8) is 0 Å². The summed E-state index contributed by atoms with van der Waals surface area (Å²) in [6.45, 7) is 0. The van der Waals surface area contributed by atoms with Gasteiger partial charge in [0, 0.05) is 22.4 Å². The smallest absolute Gasteiger partial charge is 0.160 e. The van der Waals surface area contributed by atoms with Gasteiger partial charge < -0.3 is 5.32 Å². The van der Waals surface area contributed by atoms with Gasteiger partial charge in [0.1, 0.15) is 0 Å². The fraction of sp³-hybridized carbons (Fsp3) is 0.200. The summed E-state index contributed by atoms with van der Waals surface area (Å²) >= 11 is 1.83. The Morgan fingerprint density at radius 2 is 1.89 bits per heavy atom. The molecule has 1 N–H and O–H groups in total. The molecule has 0 spiro atoms. The van der Waals surface area contributed by atoms with Crippen LogP contribution in [0.5, 0.6) is 0 Å². The van der Waals surface area contributed by atoms with Crippen molar-refractivity contribution in [1.82, 2.24) is 0 Å². The molecular weight excluding hydrogens is 264 g/mol. The van der Waals surface area contributed by atoms with E-state index >= 15 is 0 Å².